The van der Waals surface area contributed by atoms with Crippen molar-refractivity contribution in [2.75, 3.05) is 14.2 Å². The number of halogens is 1. The summed E-state index contributed by atoms with van der Waals surface area (Å²) in [6, 6.07) is 9.50. The molecule has 0 aliphatic heterocycles. The number of rotatable bonds is 5. The summed E-state index contributed by atoms with van der Waals surface area (Å²) in [5, 5.41) is 1.61. The first-order chi connectivity index (χ1) is 12.4. The molecule has 0 saturated carbocycles. The van der Waals surface area contributed by atoms with Crippen LogP contribution in [-0.2, 0) is 17.8 Å². The van der Waals surface area contributed by atoms with Crippen LogP contribution in [0.5, 0.6) is 5.75 Å². The largest absolute Gasteiger partial charge is 0.496 e. The van der Waals surface area contributed by atoms with Crippen molar-refractivity contribution in [2.45, 2.75) is 26.8 Å². The van der Waals surface area contributed by atoms with Crippen LogP contribution in [0.4, 0.5) is 0 Å². The summed E-state index contributed by atoms with van der Waals surface area (Å²) in [5.74, 6) is 0.724. The number of methoxy groups -OCH3 is 1. The number of aryl methyl sites for hydroxylation is 2. The monoisotopic (exact) mass is 371 g/mol. The minimum Gasteiger partial charge on any atom is -0.496 e. The molecule has 5 heteroatoms. The van der Waals surface area contributed by atoms with Crippen LogP contribution in [-0.4, -0.2) is 25.0 Å². The van der Waals surface area contributed by atoms with E-state index in [9.17, 15) is 4.79 Å². The van der Waals surface area contributed by atoms with Crippen molar-refractivity contribution in [3.8, 4) is 5.75 Å². The SMILES string of the molecule is COc1ccc(Cl)cc1CN(C)C(=O)Cc1coc2cc(C)c(C)cc12. The van der Waals surface area contributed by atoms with Crippen LogP contribution in [0.25, 0.3) is 11.0 Å². The maximum absolute atomic E-state index is 12.7. The molecule has 0 unspecified atom stereocenters. The molecule has 0 atom stereocenters. The number of benzene rings is 2. The lowest BCUT2D eigenvalue weighted by atomic mass is 10.0. The van der Waals surface area contributed by atoms with Gasteiger partial charge in [0.1, 0.15) is 11.3 Å². The van der Waals surface area contributed by atoms with E-state index < -0.39 is 0 Å². The molecular formula is C21H22ClNO3. The smallest absolute Gasteiger partial charge is 0.227 e. The molecular weight excluding hydrogens is 350 g/mol. The summed E-state index contributed by atoms with van der Waals surface area (Å²) in [6.45, 7) is 4.54. The number of hydrogen-bond donors (Lipinski definition) is 0. The van der Waals surface area contributed by atoms with E-state index in [0.717, 1.165) is 22.1 Å². The van der Waals surface area contributed by atoms with E-state index >= 15 is 0 Å². The Kier molecular flexibility index (Phi) is 5.23. The van der Waals surface area contributed by atoms with Crippen LogP contribution in [0.1, 0.15) is 22.3 Å². The molecule has 0 fully saturated rings. The summed E-state index contributed by atoms with van der Waals surface area (Å²) >= 11 is 6.07. The predicted molar refractivity (Wildman–Crippen MR) is 104 cm³/mol. The molecule has 1 aromatic heterocycles. The van der Waals surface area contributed by atoms with Crippen molar-refractivity contribution >= 4 is 28.5 Å². The third kappa shape index (κ3) is 3.70. The molecule has 1 amide bonds. The van der Waals surface area contributed by atoms with E-state index in [1.165, 1.54) is 11.1 Å². The Morgan fingerprint density at radius 1 is 1.15 bits per heavy atom. The van der Waals surface area contributed by atoms with Gasteiger partial charge in [0, 0.05) is 35.1 Å². The van der Waals surface area contributed by atoms with E-state index in [1.807, 2.05) is 25.1 Å². The zero-order valence-electron chi connectivity index (χ0n) is 15.4. The van der Waals surface area contributed by atoms with Gasteiger partial charge >= 0.3 is 0 Å². The Morgan fingerprint density at radius 3 is 2.62 bits per heavy atom. The van der Waals surface area contributed by atoms with E-state index in [1.54, 1.807) is 31.4 Å². The highest BCUT2D eigenvalue weighted by molar-refractivity contribution is 6.30. The average Bonchev–Trinajstić information content (AvgIpc) is 2.97. The lowest BCUT2D eigenvalue weighted by Crippen LogP contribution is -2.27. The highest BCUT2D eigenvalue weighted by Gasteiger charge is 2.16. The number of carbonyl (C=O) groups excluding carboxylic acids is 1. The van der Waals surface area contributed by atoms with Crippen LogP contribution >= 0.6 is 11.6 Å². The second kappa shape index (κ2) is 7.42. The van der Waals surface area contributed by atoms with Crippen molar-refractivity contribution < 1.29 is 13.9 Å². The molecule has 136 valence electrons. The van der Waals surface area contributed by atoms with Crippen molar-refractivity contribution in [3.63, 3.8) is 0 Å². The first kappa shape index (κ1) is 18.3. The van der Waals surface area contributed by atoms with Gasteiger partial charge in [0.2, 0.25) is 5.91 Å². The summed E-state index contributed by atoms with van der Waals surface area (Å²) in [7, 11) is 3.39. The minimum absolute atomic E-state index is 0.00737. The lowest BCUT2D eigenvalue weighted by molar-refractivity contribution is -0.129. The molecule has 26 heavy (non-hydrogen) atoms. The lowest BCUT2D eigenvalue weighted by Gasteiger charge is -2.19. The van der Waals surface area contributed by atoms with Gasteiger partial charge in [-0.3, -0.25) is 4.79 Å². The number of furan rings is 1. The van der Waals surface area contributed by atoms with Crippen molar-refractivity contribution in [2.24, 2.45) is 0 Å². The maximum Gasteiger partial charge on any atom is 0.227 e. The zero-order valence-corrected chi connectivity index (χ0v) is 16.2. The van der Waals surface area contributed by atoms with Gasteiger partial charge in [-0.2, -0.15) is 0 Å². The van der Waals surface area contributed by atoms with Crippen molar-refractivity contribution in [1.82, 2.24) is 4.90 Å². The fraction of sp³-hybridized carbons (Fsp3) is 0.286. The first-order valence-corrected chi connectivity index (χ1v) is 8.80. The second-order valence-corrected chi connectivity index (χ2v) is 7.01. The van der Waals surface area contributed by atoms with Gasteiger partial charge in [0.25, 0.3) is 0 Å². The molecule has 0 bridgehead atoms. The van der Waals surface area contributed by atoms with Gasteiger partial charge in [-0.05, 0) is 55.3 Å². The number of amides is 1. The first-order valence-electron chi connectivity index (χ1n) is 8.42. The van der Waals surface area contributed by atoms with Crippen LogP contribution in [0.2, 0.25) is 5.02 Å². The summed E-state index contributed by atoms with van der Waals surface area (Å²) in [6.07, 6.45) is 1.96. The number of hydrogen-bond acceptors (Lipinski definition) is 3. The second-order valence-electron chi connectivity index (χ2n) is 6.58. The number of carbonyl (C=O) groups is 1. The summed E-state index contributed by atoms with van der Waals surface area (Å²) in [5.41, 5.74) is 4.95. The third-order valence-electron chi connectivity index (χ3n) is 4.69. The molecule has 2 aromatic carbocycles. The molecule has 1 heterocycles. The maximum atomic E-state index is 12.7. The van der Waals surface area contributed by atoms with E-state index in [4.69, 9.17) is 20.8 Å². The van der Waals surface area contributed by atoms with Crippen LogP contribution in [0, 0.1) is 13.8 Å². The molecule has 3 aromatic rings. The van der Waals surface area contributed by atoms with Gasteiger partial charge in [-0.15, -0.1) is 0 Å². The Labute approximate surface area is 158 Å². The Balaban J connectivity index is 1.78. The number of nitrogens with zero attached hydrogens (tertiary/aromatic N) is 1. The number of fused-ring (bicyclic) bond motifs is 1. The topological polar surface area (TPSA) is 42.7 Å². The quantitative estimate of drug-likeness (QED) is 0.639. The predicted octanol–water partition coefficient (Wildman–Crippen LogP) is 4.91. The van der Waals surface area contributed by atoms with Gasteiger partial charge in [-0.1, -0.05) is 11.6 Å². The van der Waals surface area contributed by atoms with Crippen molar-refractivity contribution in [1.29, 1.82) is 0 Å². The van der Waals surface area contributed by atoms with Crippen LogP contribution in [0.3, 0.4) is 0 Å². The number of ether oxygens (including phenoxy) is 1. The van der Waals surface area contributed by atoms with Crippen molar-refractivity contribution in [3.05, 3.63) is 63.9 Å². The highest BCUT2D eigenvalue weighted by Crippen LogP contribution is 2.27. The Hall–Kier alpha value is -2.46. The fourth-order valence-electron chi connectivity index (χ4n) is 2.99. The molecule has 0 saturated heterocycles. The average molecular weight is 372 g/mol. The Morgan fingerprint density at radius 2 is 1.88 bits per heavy atom. The highest BCUT2D eigenvalue weighted by atomic mass is 35.5. The molecule has 0 spiro atoms. The molecule has 0 N–H and O–H groups in total. The molecule has 4 nitrogen and oxygen atoms in total. The molecule has 0 aliphatic rings. The van der Waals surface area contributed by atoms with E-state index in [0.29, 0.717) is 17.3 Å². The molecule has 3 rings (SSSR count). The zero-order chi connectivity index (χ0) is 18.8. The minimum atomic E-state index is 0.00737. The van der Waals surface area contributed by atoms with Gasteiger partial charge in [-0.25, -0.2) is 0 Å². The van der Waals surface area contributed by atoms with E-state index in [2.05, 4.69) is 13.0 Å². The Bertz CT molecular complexity index is 961. The number of likely N-dealkylation sites (N-methyl/N-ethyl adjacent to an activating group) is 1. The molecule has 0 radical (unpaired) electrons. The molecule has 0 aliphatic carbocycles. The van der Waals surface area contributed by atoms with Gasteiger partial charge in [0.05, 0.1) is 19.8 Å². The summed E-state index contributed by atoms with van der Waals surface area (Å²) in [4.78, 5) is 14.4. The third-order valence-corrected chi connectivity index (χ3v) is 4.92. The van der Waals surface area contributed by atoms with Gasteiger partial charge in [0.15, 0.2) is 0 Å². The van der Waals surface area contributed by atoms with Crippen LogP contribution < -0.4 is 4.74 Å². The van der Waals surface area contributed by atoms with Gasteiger partial charge < -0.3 is 14.1 Å². The normalized spacial score (nSPS) is 11.0. The summed E-state index contributed by atoms with van der Waals surface area (Å²) < 4.78 is 11.0. The van der Waals surface area contributed by atoms with E-state index in [-0.39, 0.29) is 12.3 Å². The van der Waals surface area contributed by atoms with Crippen LogP contribution in [0.15, 0.2) is 41.0 Å². The fourth-order valence-corrected chi connectivity index (χ4v) is 3.18. The standard InChI is InChI=1S/C21H22ClNO3/c1-13-7-18-16(12-26-20(18)8-14(13)2)10-21(24)23(3)11-15-9-17(22)5-6-19(15)25-4/h5-9,12H,10-11H2,1-4H3.